The molecule has 0 atom stereocenters. The normalized spacial score (nSPS) is 24.0. The highest BCUT2D eigenvalue weighted by Gasteiger charge is 2.43. The second-order valence-corrected chi connectivity index (χ2v) is 8.06. The van der Waals surface area contributed by atoms with Crippen LogP contribution in [0, 0.1) is 5.41 Å². The third-order valence-corrected chi connectivity index (χ3v) is 5.89. The highest BCUT2D eigenvalue weighted by molar-refractivity contribution is 9.10. The van der Waals surface area contributed by atoms with E-state index in [1.165, 1.54) is 12.8 Å². The number of hydrogen-bond donors (Lipinski definition) is 1. The lowest BCUT2D eigenvalue weighted by molar-refractivity contribution is -0.0729. The van der Waals surface area contributed by atoms with Crippen molar-refractivity contribution in [1.82, 2.24) is 9.97 Å². The van der Waals surface area contributed by atoms with Gasteiger partial charge in [0.05, 0.1) is 10.2 Å². The van der Waals surface area contributed by atoms with Gasteiger partial charge in [-0.2, -0.15) is 0 Å². The van der Waals surface area contributed by atoms with Crippen LogP contribution in [0.4, 0.5) is 5.82 Å². The summed E-state index contributed by atoms with van der Waals surface area (Å²) in [7, 11) is 1.77. The fourth-order valence-electron chi connectivity index (χ4n) is 3.16. The number of aromatic nitrogens is 2. The van der Waals surface area contributed by atoms with Crippen molar-refractivity contribution in [2.75, 3.05) is 12.8 Å². The summed E-state index contributed by atoms with van der Waals surface area (Å²) in [4.78, 5) is 9.40. The highest BCUT2D eigenvalue weighted by atomic mass is 79.9. The molecule has 5 heteroatoms. The van der Waals surface area contributed by atoms with E-state index in [2.05, 4.69) is 34.8 Å². The Kier molecular flexibility index (Phi) is 3.77. The van der Waals surface area contributed by atoms with Crippen LogP contribution in [0.15, 0.2) is 4.47 Å². The van der Waals surface area contributed by atoms with Gasteiger partial charge in [0.15, 0.2) is 5.82 Å². The van der Waals surface area contributed by atoms with E-state index in [-0.39, 0.29) is 5.60 Å². The molecular formula is C16H24BrN3O. The standard InChI is InChI=1S/C16H24BrN3O/c1-15(2)6-8-16(21-3,9-7-15)14-19-12(10-4-5-10)11(17)13(18)20-14/h10H,4-9H2,1-3H3,(H2,18,19,20). The zero-order valence-electron chi connectivity index (χ0n) is 13.1. The quantitative estimate of drug-likeness (QED) is 0.886. The number of ether oxygens (including phenoxy) is 1. The predicted molar refractivity (Wildman–Crippen MR) is 87.1 cm³/mol. The van der Waals surface area contributed by atoms with E-state index in [4.69, 9.17) is 15.5 Å². The summed E-state index contributed by atoms with van der Waals surface area (Å²) in [5.41, 5.74) is 7.19. The molecule has 1 heterocycles. The van der Waals surface area contributed by atoms with Crippen LogP contribution in [0.1, 0.15) is 69.8 Å². The molecule has 1 aromatic rings. The molecule has 0 amide bonds. The maximum Gasteiger partial charge on any atom is 0.162 e. The molecule has 0 aliphatic heterocycles. The van der Waals surface area contributed by atoms with Crippen LogP contribution >= 0.6 is 15.9 Å². The van der Waals surface area contributed by atoms with E-state index in [0.717, 1.165) is 41.7 Å². The topological polar surface area (TPSA) is 61.0 Å². The number of nitrogen functional groups attached to an aromatic ring is 1. The van der Waals surface area contributed by atoms with Crippen LogP contribution in [0.5, 0.6) is 0 Å². The lowest BCUT2D eigenvalue weighted by atomic mass is 9.70. The maximum absolute atomic E-state index is 6.11. The number of anilines is 1. The molecule has 2 N–H and O–H groups in total. The summed E-state index contributed by atoms with van der Waals surface area (Å²) in [6.07, 6.45) is 6.56. The molecule has 1 aromatic heterocycles. The van der Waals surface area contributed by atoms with Crippen molar-refractivity contribution in [1.29, 1.82) is 0 Å². The summed E-state index contributed by atoms with van der Waals surface area (Å²) in [5.74, 6) is 1.86. The SMILES string of the molecule is COC1(c2nc(N)c(Br)c(C3CC3)n2)CCC(C)(C)CC1. The molecule has 0 saturated heterocycles. The number of methoxy groups -OCH3 is 1. The number of nitrogens with zero attached hydrogens (tertiary/aromatic N) is 2. The molecule has 0 unspecified atom stereocenters. The molecule has 2 saturated carbocycles. The van der Waals surface area contributed by atoms with E-state index in [9.17, 15) is 0 Å². The van der Waals surface area contributed by atoms with Gasteiger partial charge in [-0.15, -0.1) is 0 Å². The average Bonchev–Trinajstić information content (AvgIpc) is 3.27. The molecular weight excluding hydrogens is 330 g/mol. The van der Waals surface area contributed by atoms with Gasteiger partial charge in [0.1, 0.15) is 11.4 Å². The fraction of sp³-hybridized carbons (Fsp3) is 0.750. The van der Waals surface area contributed by atoms with Crippen LogP contribution in [-0.2, 0) is 10.3 Å². The van der Waals surface area contributed by atoms with E-state index < -0.39 is 0 Å². The number of hydrogen-bond acceptors (Lipinski definition) is 4. The van der Waals surface area contributed by atoms with Crippen molar-refractivity contribution in [3.05, 3.63) is 16.0 Å². The molecule has 116 valence electrons. The lowest BCUT2D eigenvalue weighted by Gasteiger charge is -2.41. The molecule has 4 nitrogen and oxygen atoms in total. The molecule has 0 spiro atoms. The summed E-state index contributed by atoms with van der Waals surface area (Å²) in [6.45, 7) is 4.64. The maximum atomic E-state index is 6.11. The van der Waals surface area contributed by atoms with Crippen molar-refractivity contribution in [2.45, 2.75) is 63.9 Å². The Labute approximate surface area is 135 Å². The third kappa shape index (κ3) is 2.82. The first-order chi connectivity index (χ1) is 9.87. The van der Waals surface area contributed by atoms with Crippen LogP contribution in [0.2, 0.25) is 0 Å². The monoisotopic (exact) mass is 353 g/mol. The van der Waals surface area contributed by atoms with Crippen molar-refractivity contribution in [3.8, 4) is 0 Å². The minimum Gasteiger partial charge on any atom is -0.383 e. The van der Waals surface area contributed by atoms with Gasteiger partial charge in [0.25, 0.3) is 0 Å². The summed E-state index contributed by atoms with van der Waals surface area (Å²) >= 11 is 3.55. The molecule has 2 fully saturated rings. The highest BCUT2D eigenvalue weighted by Crippen LogP contribution is 2.48. The van der Waals surface area contributed by atoms with Gasteiger partial charge >= 0.3 is 0 Å². The molecule has 0 bridgehead atoms. The van der Waals surface area contributed by atoms with E-state index >= 15 is 0 Å². The minimum atomic E-state index is -0.367. The van der Waals surface area contributed by atoms with Gasteiger partial charge < -0.3 is 10.5 Å². The molecule has 3 rings (SSSR count). The molecule has 0 aromatic carbocycles. The summed E-state index contributed by atoms with van der Waals surface area (Å²) < 4.78 is 6.78. The molecule has 2 aliphatic rings. The van der Waals surface area contributed by atoms with Crippen molar-refractivity contribution in [2.24, 2.45) is 5.41 Å². The summed E-state index contributed by atoms with van der Waals surface area (Å²) in [6, 6.07) is 0. The molecule has 21 heavy (non-hydrogen) atoms. The number of nitrogens with two attached hydrogens (primary N) is 1. The van der Waals surface area contributed by atoms with Gasteiger partial charge in [-0.25, -0.2) is 9.97 Å². The zero-order chi connectivity index (χ0) is 15.3. The summed E-state index contributed by atoms with van der Waals surface area (Å²) in [5, 5.41) is 0. The largest absolute Gasteiger partial charge is 0.383 e. The molecule has 2 aliphatic carbocycles. The minimum absolute atomic E-state index is 0.367. The smallest absolute Gasteiger partial charge is 0.162 e. The van der Waals surface area contributed by atoms with Crippen LogP contribution in [0.3, 0.4) is 0 Å². The average molecular weight is 354 g/mol. The zero-order valence-corrected chi connectivity index (χ0v) is 14.7. The van der Waals surface area contributed by atoms with Crippen molar-refractivity contribution < 1.29 is 4.74 Å². The van der Waals surface area contributed by atoms with Gasteiger partial charge in [-0.3, -0.25) is 0 Å². The van der Waals surface area contributed by atoms with E-state index in [1.54, 1.807) is 7.11 Å². The first-order valence-corrected chi connectivity index (χ1v) is 8.55. The Morgan fingerprint density at radius 2 is 1.76 bits per heavy atom. The van der Waals surface area contributed by atoms with Crippen LogP contribution < -0.4 is 5.73 Å². The number of rotatable bonds is 3. The second-order valence-electron chi connectivity index (χ2n) is 7.27. The lowest BCUT2D eigenvalue weighted by Crippen LogP contribution is -2.38. The first-order valence-electron chi connectivity index (χ1n) is 7.75. The predicted octanol–water partition coefficient (Wildman–Crippen LogP) is 4.14. The Morgan fingerprint density at radius 3 is 2.29 bits per heavy atom. The Balaban J connectivity index is 1.98. The van der Waals surface area contributed by atoms with Crippen molar-refractivity contribution in [3.63, 3.8) is 0 Å². The van der Waals surface area contributed by atoms with Gasteiger partial charge in [0, 0.05) is 13.0 Å². The molecule has 0 radical (unpaired) electrons. The Morgan fingerprint density at radius 1 is 1.14 bits per heavy atom. The third-order valence-electron chi connectivity index (χ3n) is 5.08. The fourth-order valence-corrected chi connectivity index (χ4v) is 3.66. The van der Waals surface area contributed by atoms with Crippen LogP contribution in [-0.4, -0.2) is 17.1 Å². The van der Waals surface area contributed by atoms with Crippen LogP contribution in [0.25, 0.3) is 0 Å². The Bertz CT molecular complexity index is 545. The number of halogens is 1. The van der Waals surface area contributed by atoms with E-state index in [0.29, 0.717) is 17.2 Å². The van der Waals surface area contributed by atoms with Gasteiger partial charge in [-0.1, -0.05) is 13.8 Å². The van der Waals surface area contributed by atoms with Gasteiger partial charge in [0.2, 0.25) is 0 Å². The van der Waals surface area contributed by atoms with Crippen molar-refractivity contribution >= 4 is 21.7 Å². The van der Waals surface area contributed by atoms with E-state index in [1.807, 2.05) is 0 Å². The van der Waals surface area contributed by atoms with Gasteiger partial charge in [-0.05, 0) is 59.9 Å². The Hall–Kier alpha value is -0.680. The first kappa shape index (κ1) is 15.2. The second kappa shape index (κ2) is 5.20.